The third-order valence-electron chi connectivity index (χ3n) is 1.04. The molecule has 0 aromatic carbocycles. The number of amides is 1. The van der Waals surface area contributed by atoms with Crippen molar-refractivity contribution in [2.24, 2.45) is 5.92 Å². The summed E-state index contributed by atoms with van der Waals surface area (Å²) in [5.41, 5.74) is 0. The topological polar surface area (TPSA) is 73.1 Å². The van der Waals surface area contributed by atoms with E-state index in [1.165, 1.54) is 0 Å². The Morgan fingerprint density at radius 1 is 1.90 bits per heavy atom. The van der Waals surface area contributed by atoms with Gasteiger partial charge in [-0.15, -0.1) is 0 Å². The number of carbonyl (C=O) groups is 1. The highest BCUT2D eigenvalue weighted by molar-refractivity contribution is 5.64. The van der Waals surface area contributed by atoms with Crippen molar-refractivity contribution in [1.82, 2.24) is 5.32 Å². The molecule has 10 heavy (non-hydrogen) atoms. The van der Waals surface area contributed by atoms with Crippen LogP contribution in [0.2, 0.25) is 0 Å². The molecule has 0 radical (unpaired) electrons. The van der Waals surface area contributed by atoms with E-state index in [0.717, 1.165) is 0 Å². The van der Waals surface area contributed by atoms with Gasteiger partial charge in [-0.1, -0.05) is 6.92 Å². The first-order valence-corrected chi connectivity index (χ1v) is 3.00. The summed E-state index contributed by atoms with van der Waals surface area (Å²) in [7, 11) is 0. The van der Waals surface area contributed by atoms with Gasteiger partial charge in [-0.05, 0) is 5.92 Å². The largest absolute Gasteiger partial charge is 0.465 e. The SMILES string of the molecule is C[C@@H](CC#N)CNC(=O)O. The Kier molecular flexibility index (Phi) is 4.05. The summed E-state index contributed by atoms with van der Waals surface area (Å²) in [4.78, 5) is 9.91. The van der Waals surface area contributed by atoms with Gasteiger partial charge in [0.05, 0.1) is 6.07 Å². The Bertz CT molecular complexity index is 150. The van der Waals surface area contributed by atoms with Crippen molar-refractivity contribution in [3.63, 3.8) is 0 Å². The first kappa shape index (κ1) is 8.76. The lowest BCUT2D eigenvalue weighted by Gasteiger charge is -2.04. The van der Waals surface area contributed by atoms with Gasteiger partial charge in [-0.2, -0.15) is 5.26 Å². The number of carboxylic acid groups (broad SMARTS) is 1. The zero-order chi connectivity index (χ0) is 7.98. The molecule has 0 unspecified atom stereocenters. The van der Waals surface area contributed by atoms with Crippen molar-refractivity contribution >= 4 is 6.09 Å². The lowest BCUT2D eigenvalue weighted by molar-refractivity contribution is 0.193. The van der Waals surface area contributed by atoms with Crippen LogP contribution in [0.25, 0.3) is 0 Å². The number of nitriles is 1. The van der Waals surface area contributed by atoms with Crippen LogP contribution in [-0.2, 0) is 0 Å². The molecule has 0 aromatic rings. The van der Waals surface area contributed by atoms with Crippen LogP contribution in [-0.4, -0.2) is 17.7 Å². The van der Waals surface area contributed by atoms with Gasteiger partial charge < -0.3 is 10.4 Å². The van der Waals surface area contributed by atoms with Crippen LogP contribution >= 0.6 is 0 Å². The van der Waals surface area contributed by atoms with Crippen LogP contribution in [0.5, 0.6) is 0 Å². The molecule has 1 amide bonds. The molecule has 0 spiro atoms. The average molecular weight is 142 g/mol. The van der Waals surface area contributed by atoms with Crippen LogP contribution in [0, 0.1) is 17.2 Å². The molecule has 0 saturated carbocycles. The monoisotopic (exact) mass is 142 g/mol. The fourth-order valence-electron chi connectivity index (χ4n) is 0.490. The van der Waals surface area contributed by atoms with E-state index < -0.39 is 6.09 Å². The highest BCUT2D eigenvalue weighted by atomic mass is 16.4. The predicted molar refractivity (Wildman–Crippen MR) is 35.4 cm³/mol. The summed E-state index contributed by atoms with van der Waals surface area (Å²) in [5, 5.41) is 18.5. The molecule has 0 saturated heterocycles. The zero-order valence-corrected chi connectivity index (χ0v) is 5.79. The summed E-state index contributed by atoms with van der Waals surface area (Å²) >= 11 is 0. The molecule has 0 aliphatic carbocycles. The third kappa shape index (κ3) is 4.91. The Morgan fingerprint density at radius 3 is 2.90 bits per heavy atom. The van der Waals surface area contributed by atoms with E-state index in [1.807, 2.05) is 13.0 Å². The fourth-order valence-corrected chi connectivity index (χ4v) is 0.490. The first-order valence-electron chi connectivity index (χ1n) is 3.00. The predicted octanol–water partition coefficient (Wildman–Crippen LogP) is 0.804. The quantitative estimate of drug-likeness (QED) is 0.612. The minimum atomic E-state index is -1.04. The van der Waals surface area contributed by atoms with Gasteiger partial charge in [0, 0.05) is 13.0 Å². The molecule has 0 aromatic heterocycles. The molecule has 1 atom stereocenters. The van der Waals surface area contributed by atoms with E-state index in [4.69, 9.17) is 10.4 Å². The van der Waals surface area contributed by atoms with Gasteiger partial charge in [-0.3, -0.25) is 0 Å². The van der Waals surface area contributed by atoms with E-state index in [-0.39, 0.29) is 5.92 Å². The van der Waals surface area contributed by atoms with Gasteiger partial charge in [0.2, 0.25) is 0 Å². The van der Waals surface area contributed by atoms with Crippen LogP contribution in [0.15, 0.2) is 0 Å². The second-order valence-electron chi connectivity index (χ2n) is 2.15. The number of nitrogens with one attached hydrogen (secondary N) is 1. The summed E-state index contributed by atoms with van der Waals surface area (Å²) in [6.07, 6.45) is -0.648. The molecule has 4 nitrogen and oxygen atoms in total. The molecule has 0 heterocycles. The Balaban J connectivity index is 3.32. The highest BCUT2D eigenvalue weighted by Gasteiger charge is 2.01. The lowest BCUT2D eigenvalue weighted by Crippen LogP contribution is -2.26. The summed E-state index contributed by atoms with van der Waals surface area (Å²) in [6.45, 7) is 2.17. The number of nitrogens with zero attached hydrogens (tertiary/aromatic N) is 1. The first-order chi connectivity index (χ1) is 4.66. The maximum atomic E-state index is 9.91. The number of hydrogen-bond acceptors (Lipinski definition) is 2. The van der Waals surface area contributed by atoms with Crippen LogP contribution < -0.4 is 5.32 Å². The minimum absolute atomic E-state index is 0.0982. The highest BCUT2D eigenvalue weighted by Crippen LogP contribution is 1.96. The van der Waals surface area contributed by atoms with Gasteiger partial charge in [-0.25, -0.2) is 4.79 Å². The number of hydrogen-bond donors (Lipinski definition) is 2. The smallest absolute Gasteiger partial charge is 0.404 e. The van der Waals surface area contributed by atoms with Crippen molar-refractivity contribution in [3.05, 3.63) is 0 Å². The van der Waals surface area contributed by atoms with E-state index in [1.54, 1.807) is 0 Å². The standard InChI is InChI=1S/C6H10N2O2/c1-5(2-3-7)4-8-6(9)10/h5,8H,2,4H2,1H3,(H,9,10)/t5-/m0/s1. The molecule has 0 fully saturated rings. The molecule has 4 heteroatoms. The molecule has 0 rings (SSSR count). The van der Waals surface area contributed by atoms with Crippen LogP contribution in [0.3, 0.4) is 0 Å². The Morgan fingerprint density at radius 2 is 2.50 bits per heavy atom. The lowest BCUT2D eigenvalue weighted by atomic mass is 10.1. The average Bonchev–Trinajstić information content (AvgIpc) is 1.85. The Labute approximate surface area is 59.5 Å². The molecule has 56 valence electrons. The van der Waals surface area contributed by atoms with Crippen molar-refractivity contribution < 1.29 is 9.90 Å². The van der Waals surface area contributed by atoms with Gasteiger partial charge >= 0.3 is 6.09 Å². The summed E-state index contributed by atoms with van der Waals surface area (Å²) < 4.78 is 0. The van der Waals surface area contributed by atoms with E-state index in [9.17, 15) is 4.79 Å². The van der Waals surface area contributed by atoms with Crippen molar-refractivity contribution in [2.75, 3.05) is 6.54 Å². The molecule has 2 N–H and O–H groups in total. The summed E-state index contributed by atoms with van der Waals surface area (Å²) in [6, 6.07) is 1.96. The number of rotatable bonds is 3. The third-order valence-corrected chi connectivity index (χ3v) is 1.04. The van der Waals surface area contributed by atoms with Crippen molar-refractivity contribution in [1.29, 1.82) is 5.26 Å². The van der Waals surface area contributed by atoms with Crippen molar-refractivity contribution in [2.45, 2.75) is 13.3 Å². The second kappa shape index (κ2) is 4.62. The second-order valence-corrected chi connectivity index (χ2v) is 2.15. The summed E-state index contributed by atoms with van der Waals surface area (Å²) in [5.74, 6) is 0.0982. The van der Waals surface area contributed by atoms with Crippen molar-refractivity contribution in [3.8, 4) is 6.07 Å². The maximum absolute atomic E-state index is 9.91. The van der Waals surface area contributed by atoms with Gasteiger partial charge in [0.1, 0.15) is 0 Å². The molecule has 0 aliphatic rings. The zero-order valence-electron chi connectivity index (χ0n) is 5.79. The molecular formula is C6H10N2O2. The molecule has 0 aliphatic heterocycles. The minimum Gasteiger partial charge on any atom is -0.465 e. The van der Waals surface area contributed by atoms with Crippen LogP contribution in [0.4, 0.5) is 4.79 Å². The maximum Gasteiger partial charge on any atom is 0.404 e. The van der Waals surface area contributed by atoms with E-state index >= 15 is 0 Å². The van der Waals surface area contributed by atoms with Gasteiger partial charge in [0.15, 0.2) is 0 Å². The van der Waals surface area contributed by atoms with E-state index in [2.05, 4.69) is 5.32 Å². The van der Waals surface area contributed by atoms with E-state index in [0.29, 0.717) is 13.0 Å². The molecular weight excluding hydrogens is 132 g/mol. The fraction of sp³-hybridized carbons (Fsp3) is 0.667. The normalized spacial score (nSPS) is 11.6. The van der Waals surface area contributed by atoms with Crippen LogP contribution in [0.1, 0.15) is 13.3 Å². The Hall–Kier alpha value is -1.24. The van der Waals surface area contributed by atoms with Gasteiger partial charge in [0.25, 0.3) is 0 Å². The molecule has 0 bridgehead atoms.